The summed E-state index contributed by atoms with van der Waals surface area (Å²) < 4.78 is 56.8. The smallest absolute Gasteiger partial charge is 0.168 e. The highest BCUT2D eigenvalue weighted by Gasteiger charge is 2.16. The minimum atomic E-state index is -1.13. The van der Waals surface area contributed by atoms with Gasteiger partial charge in [-0.1, -0.05) is 56.2 Å². The third kappa shape index (κ3) is 6.03. The Balaban J connectivity index is 2.05. The average Bonchev–Trinajstić information content (AvgIpc) is 2.77. The molecule has 0 spiro atoms. The van der Waals surface area contributed by atoms with Gasteiger partial charge in [-0.3, -0.25) is 4.98 Å². The first kappa shape index (κ1) is 24.8. The SMILES string of the molecule is C=C(/C=C\C(=C)C(=C)/C(F)=C(/F)C(=C)C)CCc1ccc(-c2ccc(C)cn2)c(F)c1F. The van der Waals surface area contributed by atoms with E-state index >= 15 is 0 Å². The molecular weight excluding hydrogens is 414 g/mol. The monoisotopic (exact) mass is 439 g/mol. The fourth-order valence-corrected chi connectivity index (χ4v) is 2.77. The third-order valence-electron chi connectivity index (χ3n) is 4.81. The Kier molecular flexibility index (Phi) is 8.30. The number of aromatic nitrogens is 1. The van der Waals surface area contributed by atoms with Crippen molar-refractivity contribution in [3.05, 3.63) is 126 Å². The first-order valence-corrected chi connectivity index (χ1v) is 9.88. The van der Waals surface area contributed by atoms with Crippen molar-refractivity contribution in [2.45, 2.75) is 26.7 Å². The van der Waals surface area contributed by atoms with Gasteiger partial charge in [0.2, 0.25) is 0 Å². The maximum Gasteiger partial charge on any atom is 0.168 e. The van der Waals surface area contributed by atoms with Gasteiger partial charge in [0.25, 0.3) is 0 Å². The molecule has 0 saturated heterocycles. The van der Waals surface area contributed by atoms with E-state index in [2.05, 4.69) is 31.3 Å². The standard InChI is InChI=1S/C27H25F4N/c1-16(2)24(28)25(29)20(6)19(5)10-7-17(3)8-11-21-12-13-22(27(31)26(21)30)23-14-9-18(4)15-32-23/h7,9-10,12-15H,1,3,5-6,8,11H2,2,4H3/b10-7-,25-24-. The normalized spacial score (nSPS) is 11.9. The molecule has 32 heavy (non-hydrogen) atoms. The summed E-state index contributed by atoms with van der Waals surface area (Å²) in [5, 5.41) is 0. The summed E-state index contributed by atoms with van der Waals surface area (Å²) in [6.07, 6.45) is 5.12. The third-order valence-corrected chi connectivity index (χ3v) is 4.81. The van der Waals surface area contributed by atoms with Gasteiger partial charge in [0.1, 0.15) is 0 Å². The van der Waals surface area contributed by atoms with Gasteiger partial charge in [0.15, 0.2) is 23.3 Å². The molecule has 1 aromatic heterocycles. The largest absolute Gasteiger partial charge is 0.256 e. The Morgan fingerprint density at radius 1 is 0.938 bits per heavy atom. The highest BCUT2D eigenvalue weighted by molar-refractivity contribution is 5.60. The van der Waals surface area contributed by atoms with Crippen LogP contribution in [0.3, 0.4) is 0 Å². The zero-order valence-electron chi connectivity index (χ0n) is 18.2. The lowest BCUT2D eigenvalue weighted by atomic mass is 10.00. The van der Waals surface area contributed by atoms with E-state index < -0.39 is 23.3 Å². The van der Waals surface area contributed by atoms with Crippen LogP contribution < -0.4 is 0 Å². The highest BCUT2D eigenvalue weighted by atomic mass is 19.2. The number of benzene rings is 1. The lowest BCUT2D eigenvalue weighted by molar-refractivity contribution is 0.501. The van der Waals surface area contributed by atoms with Crippen molar-refractivity contribution >= 4 is 0 Å². The zero-order chi connectivity index (χ0) is 24.0. The number of nitrogens with zero attached hydrogens (tertiary/aromatic N) is 1. The van der Waals surface area contributed by atoms with Crippen molar-refractivity contribution in [1.82, 2.24) is 4.98 Å². The van der Waals surface area contributed by atoms with E-state index in [4.69, 9.17) is 0 Å². The molecule has 0 saturated carbocycles. The van der Waals surface area contributed by atoms with Crippen LogP contribution in [0.15, 0.2) is 103 Å². The predicted octanol–water partition coefficient (Wildman–Crippen LogP) is 8.22. The van der Waals surface area contributed by atoms with Gasteiger partial charge in [-0.25, -0.2) is 17.6 Å². The fourth-order valence-electron chi connectivity index (χ4n) is 2.77. The van der Waals surface area contributed by atoms with Gasteiger partial charge < -0.3 is 0 Å². The molecule has 5 heteroatoms. The second-order valence-corrected chi connectivity index (χ2v) is 7.52. The molecule has 0 radical (unpaired) electrons. The second-order valence-electron chi connectivity index (χ2n) is 7.52. The maximum absolute atomic E-state index is 14.6. The molecular formula is C27H25F4N. The first-order chi connectivity index (χ1) is 15.0. The molecule has 0 aliphatic rings. The Hall–Kier alpha value is -3.47. The number of hydrogen-bond acceptors (Lipinski definition) is 1. The second kappa shape index (κ2) is 10.7. The molecule has 0 aliphatic carbocycles. The topological polar surface area (TPSA) is 12.9 Å². The van der Waals surface area contributed by atoms with Gasteiger partial charge in [0.05, 0.1) is 5.69 Å². The van der Waals surface area contributed by atoms with Crippen molar-refractivity contribution in [2.24, 2.45) is 0 Å². The van der Waals surface area contributed by atoms with Crippen LogP contribution in [0.1, 0.15) is 24.5 Å². The number of hydrogen-bond donors (Lipinski definition) is 0. The molecule has 0 amide bonds. The van der Waals surface area contributed by atoms with Crippen molar-refractivity contribution < 1.29 is 17.6 Å². The lowest BCUT2D eigenvalue weighted by Gasteiger charge is -2.09. The molecule has 166 valence electrons. The van der Waals surface area contributed by atoms with Crippen molar-refractivity contribution in [3.8, 4) is 11.3 Å². The molecule has 0 unspecified atom stereocenters. The number of allylic oxidation sites excluding steroid dienone is 8. The quantitative estimate of drug-likeness (QED) is 0.283. The maximum atomic E-state index is 14.6. The Labute approximate surface area is 186 Å². The summed E-state index contributed by atoms with van der Waals surface area (Å²) in [6.45, 7) is 17.6. The Morgan fingerprint density at radius 3 is 2.22 bits per heavy atom. The van der Waals surface area contributed by atoms with Crippen LogP contribution >= 0.6 is 0 Å². The van der Waals surface area contributed by atoms with Crippen LogP contribution in [0.5, 0.6) is 0 Å². The van der Waals surface area contributed by atoms with Gasteiger partial charge in [0, 0.05) is 17.3 Å². The number of pyridine rings is 1. The molecule has 0 fully saturated rings. The van der Waals surface area contributed by atoms with Crippen LogP contribution in [0.2, 0.25) is 0 Å². The number of aryl methyl sites for hydroxylation is 2. The van der Waals surface area contributed by atoms with Gasteiger partial charge in [-0.2, -0.15) is 0 Å². The molecule has 2 rings (SSSR count). The molecule has 2 aromatic rings. The fraction of sp³-hybridized carbons (Fsp3) is 0.148. The molecule has 0 bridgehead atoms. The molecule has 1 nitrogen and oxygen atoms in total. The molecule has 0 N–H and O–H groups in total. The minimum absolute atomic E-state index is 0.0525. The van der Waals surface area contributed by atoms with Crippen LogP contribution in [0.25, 0.3) is 11.3 Å². The summed E-state index contributed by atoms with van der Waals surface area (Å²) in [6, 6.07) is 6.44. The Bertz CT molecular complexity index is 1130. The molecule has 1 aromatic carbocycles. The molecule has 1 heterocycles. The van der Waals surface area contributed by atoms with Crippen molar-refractivity contribution in [2.75, 3.05) is 0 Å². The van der Waals surface area contributed by atoms with Crippen molar-refractivity contribution in [1.29, 1.82) is 0 Å². The van der Waals surface area contributed by atoms with Crippen LogP contribution in [-0.4, -0.2) is 4.98 Å². The van der Waals surface area contributed by atoms with E-state index in [0.29, 0.717) is 17.7 Å². The van der Waals surface area contributed by atoms with Gasteiger partial charge in [-0.05, 0) is 61.1 Å². The number of halogens is 4. The highest BCUT2D eigenvalue weighted by Crippen LogP contribution is 2.28. The van der Waals surface area contributed by atoms with Crippen molar-refractivity contribution in [3.63, 3.8) is 0 Å². The molecule has 0 atom stereocenters. The lowest BCUT2D eigenvalue weighted by Crippen LogP contribution is -1.99. The van der Waals surface area contributed by atoms with E-state index in [1.165, 1.54) is 25.1 Å². The van der Waals surface area contributed by atoms with E-state index in [9.17, 15) is 17.6 Å². The summed E-state index contributed by atoms with van der Waals surface area (Å²) in [5.41, 5.74) is 2.05. The van der Waals surface area contributed by atoms with Gasteiger partial charge in [-0.15, -0.1) is 0 Å². The zero-order valence-corrected chi connectivity index (χ0v) is 18.2. The summed E-state index contributed by atoms with van der Waals surface area (Å²) >= 11 is 0. The number of rotatable bonds is 9. The van der Waals surface area contributed by atoms with Crippen LogP contribution in [0, 0.1) is 18.6 Å². The first-order valence-electron chi connectivity index (χ1n) is 9.88. The van der Waals surface area contributed by atoms with Crippen LogP contribution in [-0.2, 0) is 6.42 Å². The van der Waals surface area contributed by atoms with E-state index in [-0.39, 0.29) is 34.3 Å². The van der Waals surface area contributed by atoms with E-state index in [1.54, 1.807) is 24.4 Å². The Morgan fingerprint density at radius 2 is 1.62 bits per heavy atom. The van der Waals surface area contributed by atoms with E-state index in [1.807, 2.05) is 6.92 Å². The summed E-state index contributed by atoms with van der Waals surface area (Å²) in [7, 11) is 0. The van der Waals surface area contributed by atoms with Crippen LogP contribution in [0.4, 0.5) is 17.6 Å². The minimum Gasteiger partial charge on any atom is -0.256 e. The predicted molar refractivity (Wildman–Crippen MR) is 123 cm³/mol. The van der Waals surface area contributed by atoms with E-state index in [0.717, 1.165) is 5.56 Å². The summed E-state index contributed by atoms with van der Waals surface area (Å²) in [4.78, 5) is 4.14. The average molecular weight is 439 g/mol. The molecule has 0 aliphatic heterocycles. The van der Waals surface area contributed by atoms with Gasteiger partial charge >= 0.3 is 0 Å². The summed E-state index contributed by atoms with van der Waals surface area (Å²) in [5.74, 6) is -4.09.